The normalized spacial score (nSPS) is 12.8. The highest BCUT2D eigenvalue weighted by molar-refractivity contribution is 5.80. The van der Waals surface area contributed by atoms with Crippen LogP contribution in [0.1, 0.15) is 23.1 Å². The van der Waals surface area contributed by atoms with E-state index in [9.17, 15) is 14.9 Å². The number of ether oxygens (including phenoxy) is 2. The highest BCUT2D eigenvalue weighted by Crippen LogP contribution is 2.37. The van der Waals surface area contributed by atoms with Gasteiger partial charge in [-0.2, -0.15) is 5.26 Å². The second-order valence-electron chi connectivity index (χ2n) is 7.51. The highest BCUT2D eigenvalue weighted by atomic mass is 16.5. The van der Waals surface area contributed by atoms with Gasteiger partial charge in [0.15, 0.2) is 0 Å². The number of methoxy groups -OCH3 is 2. The lowest BCUT2D eigenvalue weighted by Gasteiger charge is -2.39. The minimum atomic E-state index is -1.13. The van der Waals surface area contributed by atoms with E-state index in [0.717, 1.165) is 16.7 Å². The number of nitrogens with zero attached hydrogens (tertiary/aromatic N) is 1. The van der Waals surface area contributed by atoms with Crippen LogP contribution >= 0.6 is 0 Å². The molecule has 0 bridgehead atoms. The van der Waals surface area contributed by atoms with Crippen molar-refractivity contribution in [2.75, 3.05) is 14.2 Å². The van der Waals surface area contributed by atoms with Gasteiger partial charge in [0.25, 0.3) is 0 Å². The van der Waals surface area contributed by atoms with Crippen LogP contribution in [-0.4, -0.2) is 32.2 Å². The second-order valence-corrected chi connectivity index (χ2v) is 7.51. The summed E-state index contributed by atoms with van der Waals surface area (Å²) in [6.07, 6.45) is -0.107. The number of nitrogens with one attached hydrogen (secondary N) is 1. The molecule has 3 aromatic carbocycles. The molecule has 2 atom stereocenters. The Kier molecular flexibility index (Phi) is 7.96. The van der Waals surface area contributed by atoms with E-state index in [2.05, 4.69) is 5.32 Å². The van der Waals surface area contributed by atoms with Crippen molar-refractivity contribution in [1.29, 1.82) is 5.26 Å². The molecule has 6 heteroatoms. The molecule has 0 radical (unpaired) electrons. The summed E-state index contributed by atoms with van der Waals surface area (Å²) in [6, 6.07) is 30.2. The minimum absolute atomic E-state index is 0.107. The summed E-state index contributed by atoms with van der Waals surface area (Å²) in [5.74, 6) is -2.41. The molecule has 0 unspecified atom stereocenters. The van der Waals surface area contributed by atoms with Gasteiger partial charge in [-0.25, -0.2) is 0 Å². The average molecular weight is 443 g/mol. The monoisotopic (exact) mass is 442 g/mol. The smallest absolute Gasteiger partial charge is 0.323 e. The van der Waals surface area contributed by atoms with Crippen molar-refractivity contribution in [2.45, 2.75) is 18.0 Å². The highest BCUT2D eigenvalue weighted by Gasteiger charge is 2.41. The van der Waals surface area contributed by atoms with E-state index in [1.807, 2.05) is 97.1 Å². The van der Waals surface area contributed by atoms with E-state index in [0.29, 0.717) is 0 Å². The molecular formula is C27H26N2O4. The van der Waals surface area contributed by atoms with Crippen molar-refractivity contribution in [3.8, 4) is 6.07 Å². The Morgan fingerprint density at radius 3 is 1.52 bits per heavy atom. The Morgan fingerprint density at radius 2 is 1.18 bits per heavy atom. The molecule has 0 fully saturated rings. The van der Waals surface area contributed by atoms with Crippen molar-refractivity contribution < 1.29 is 19.1 Å². The first kappa shape index (κ1) is 23.7. The standard InChI is InChI=1S/C27H26N2O4/c1-32-25(30)20(19-28)18-24(26(31)33-2)29-27(21-12-6-3-7-13-21,22-14-8-4-9-15-22)23-16-10-5-11-17-23/h3-17,20,24,29H,18H2,1-2H3/t20-,24-/m0/s1. The summed E-state index contributed by atoms with van der Waals surface area (Å²) in [4.78, 5) is 25.0. The van der Waals surface area contributed by atoms with Gasteiger partial charge in [0, 0.05) is 0 Å². The molecule has 3 aromatic rings. The first-order chi connectivity index (χ1) is 16.1. The van der Waals surface area contributed by atoms with Crippen molar-refractivity contribution >= 4 is 11.9 Å². The van der Waals surface area contributed by atoms with Gasteiger partial charge in [-0.15, -0.1) is 0 Å². The van der Waals surface area contributed by atoms with Gasteiger partial charge in [0.05, 0.1) is 25.8 Å². The fourth-order valence-corrected chi connectivity index (χ4v) is 4.01. The van der Waals surface area contributed by atoms with Crippen molar-refractivity contribution in [1.82, 2.24) is 5.32 Å². The van der Waals surface area contributed by atoms with Crippen LogP contribution in [0.15, 0.2) is 91.0 Å². The lowest BCUT2D eigenvalue weighted by atomic mass is 9.76. The molecule has 168 valence electrons. The molecule has 33 heavy (non-hydrogen) atoms. The first-order valence-corrected chi connectivity index (χ1v) is 10.6. The lowest BCUT2D eigenvalue weighted by molar-refractivity contribution is -0.146. The topological polar surface area (TPSA) is 88.4 Å². The van der Waals surface area contributed by atoms with Crippen LogP contribution < -0.4 is 5.32 Å². The SMILES string of the molecule is COC(=O)[C@H](C#N)C[C@H](NC(c1ccccc1)(c1ccccc1)c1ccccc1)C(=O)OC. The molecule has 0 aromatic heterocycles. The van der Waals surface area contributed by atoms with Gasteiger partial charge in [0.1, 0.15) is 12.0 Å². The number of esters is 2. The summed E-state index contributed by atoms with van der Waals surface area (Å²) in [6.45, 7) is 0. The van der Waals surface area contributed by atoms with Gasteiger partial charge in [-0.1, -0.05) is 91.0 Å². The molecule has 6 nitrogen and oxygen atoms in total. The summed E-state index contributed by atoms with van der Waals surface area (Å²) < 4.78 is 9.82. The van der Waals surface area contributed by atoms with Crippen molar-refractivity contribution in [3.05, 3.63) is 108 Å². The number of nitriles is 1. The molecule has 0 aliphatic heterocycles. The van der Waals surface area contributed by atoms with Crippen molar-refractivity contribution in [3.63, 3.8) is 0 Å². The molecule has 0 heterocycles. The lowest BCUT2D eigenvalue weighted by Crippen LogP contribution is -2.53. The van der Waals surface area contributed by atoms with Gasteiger partial charge >= 0.3 is 11.9 Å². The van der Waals surface area contributed by atoms with Crippen molar-refractivity contribution in [2.24, 2.45) is 5.92 Å². The van der Waals surface area contributed by atoms with E-state index in [1.54, 1.807) is 0 Å². The molecule has 0 aliphatic carbocycles. The number of carbonyl (C=O) groups excluding carboxylic acids is 2. The van der Waals surface area contributed by atoms with Crippen LogP contribution in [0.3, 0.4) is 0 Å². The maximum absolute atomic E-state index is 12.9. The summed E-state index contributed by atoms with van der Waals surface area (Å²) >= 11 is 0. The molecule has 1 N–H and O–H groups in total. The summed E-state index contributed by atoms with van der Waals surface area (Å²) in [5.41, 5.74) is 1.72. The van der Waals surface area contributed by atoms with Crippen LogP contribution in [0.4, 0.5) is 0 Å². The van der Waals surface area contributed by atoms with Gasteiger partial charge < -0.3 is 9.47 Å². The summed E-state index contributed by atoms with van der Waals surface area (Å²) in [7, 11) is 2.50. The zero-order valence-electron chi connectivity index (χ0n) is 18.6. The zero-order valence-corrected chi connectivity index (χ0v) is 18.6. The van der Waals surface area contributed by atoms with Gasteiger partial charge in [0.2, 0.25) is 0 Å². The number of carbonyl (C=O) groups is 2. The second kappa shape index (κ2) is 11.1. The fourth-order valence-electron chi connectivity index (χ4n) is 4.01. The van der Waals surface area contributed by atoms with E-state index in [1.165, 1.54) is 14.2 Å². The van der Waals surface area contributed by atoms with Gasteiger partial charge in [-0.3, -0.25) is 14.9 Å². The zero-order chi connectivity index (χ0) is 23.7. The third-order valence-electron chi connectivity index (χ3n) is 5.61. The Balaban J connectivity index is 2.22. The van der Waals surface area contributed by atoms with E-state index in [4.69, 9.17) is 9.47 Å². The van der Waals surface area contributed by atoms with Crippen LogP contribution in [0, 0.1) is 17.2 Å². The quantitative estimate of drug-likeness (QED) is 0.400. The fraction of sp³-hybridized carbons (Fsp3) is 0.222. The number of hydrogen-bond acceptors (Lipinski definition) is 6. The van der Waals surface area contributed by atoms with E-state index in [-0.39, 0.29) is 6.42 Å². The first-order valence-electron chi connectivity index (χ1n) is 10.6. The maximum atomic E-state index is 12.9. The molecule has 3 rings (SSSR count). The van der Waals surface area contributed by atoms with Crippen LogP contribution in [0.2, 0.25) is 0 Å². The number of benzene rings is 3. The third kappa shape index (κ3) is 5.11. The number of rotatable bonds is 9. The van der Waals surface area contributed by atoms with E-state index >= 15 is 0 Å². The molecular weight excluding hydrogens is 416 g/mol. The van der Waals surface area contributed by atoms with Crippen LogP contribution in [0.5, 0.6) is 0 Å². The largest absolute Gasteiger partial charge is 0.468 e. The summed E-state index contributed by atoms with van der Waals surface area (Å²) in [5, 5.41) is 13.0. The van der Waals surface area contributed by atoms with Crippen LogP contribution in [-0.2, 0) is 24.6 Å². The maximum Gasteiger partial charge on any atom is 0.323 e. The van der Waals surface area contributed by atoms with Crippen LogP contribution in [0.25, 0.3) is 0 Å². The Morgan fingerprint density at radius 1 is 0.788 bits per heavy atom. The predicted octanol–water partition coefficient (Wildman–Crippen LogP) is 3.81. The molecule has 0 aliphatic rings. The molecule has 0 spiro atoms. The Bertz CT molecular complexity index is 999. The average Bonchev–Trinajstić information content (AvgIpc) is 2.89. The molecule has 0 saturated heterocycles. The Hall–Kier alpha value is -3.95. The molecule has 0 saturated carbocycles. The third-order valence-corrected chi connectivity index (χ3v) is 5.61. The number of hydrogen-bond donors (Lipinski definition) is 1. The van der Waals surface area contributed by atoms with E-state index < -0.39 is 29.4 Å². The Labute approximate surface area is 193 Å². The molecule has 0 amide bonds. The predicted molar refractivity (Wildman–Crippen MR) is 124 cm³/mol. The minimum Gasteiger partial charge on any atom is -0.468 e. The van der Waals surface area contributed by atoms with Gasteiger partial charge in [-0.05, 0) is 23.1 Å².